The molecule has 1 heterocycles. The lowest BCUT2D eigenvalue weighted by Gasteiger charge is -2.24. The topological polar surface area (TPSA) is 71.7 Å². The number of hydrogen-bond donors (Lipinski definition) is 0. The Kier molecular flexibility index (Phi) is 6.34. The van der Waals surface area contributed by atoms with Gasteiger partial charge in [0.25, 0.3) is 5.91 Å². The Morgan fingerprint density at radius 3 is 2.46 bits per heavy atom. The molecule has 1 aromatic carbocycles. The molecule has 1 aromatic heterocycles. The highest BCUT2D eigenvalue weighted by Crippen LogP contribution is 2.22. The summed E-state index contributed by atoms with van der Waals surface area (Å²) in [6.45, 7) is 1.56. The van der Waals surface area contributed by atoms with Crippen molar-refractivity contribution in [3.63, 3.8) is 0 Å². The molecule has 0 amide bonds. The summed E-state index contributed by atoms with van der Waals surface area (Å²) in [4.78, 5) is 17.8. The average Bonchev–Trinajstić information content (AvgIpc) is 2.67. The molecule has 0 spiro atoms. The molecule has 1 aliphatic carbocycles. The lowest BCUT2D eigenvalue weighted by Crippen LogP contribution is -2.40. The molecule has 7 heteroatoms. The molecule has 2 aromatic rings. The van der Waals surface area contributed by atoms with Crippen molar-refractivity contribution in [3.05, 3.63) is 59.7 Å². The molecule has 1 saturated carbocycles. The van der Waals surface area contributed by atoms with Crippen LogP contribution < -0.4 is 9.79 Å². The maximum Gasteiger partial charge on any atom is 0.252 e. The first-order valence-electron chi connectivity index (χ1n) is 9.64. The minimum absolute atomic E-state index is 0.220. The highest BCUT2D eigenvalue weighted by molar-refractivity contribution is 7.92. The van der Waals surface area contributed by atoms with Gasteiger partial charge in [0.15, 0.2) is 0 Å². The Bertz CT molecular complexity index is 1010. The minimum Gasteiger partial charge on any atom is -0.272 e. The number of para-hydroxylation sites is 1. The maximum atomic E-state index is 13.0. The standard InChI is InChI=1S/C21H27N3O3S/c1-17-10-6-7-13-19(17)24(28(2,26)27)16-21(25)23-15-9-8-14-20(23)22-18-11-4-3-5-12-18/h6-10,13-15,18H,3-5,11-12,16H2,1-2H3. The molecule has 6 nitrogen and oxygen atoms in total. The predicted molar refractivity (Wildman–Crippen MR) is 111 cm³/mol. The third-order valence-electron chi connectivity index (χ3n) is 5.06. The van der Waals surface area contributed by atoms with E-state index in [1.807, 2.05) is 31.2 Å². The van der Waals surface area contributed by atoms with Crippen molar-refractivity contribution >= 4 is 21.6 Å². The molecule has 0 N–H and O–H groups in total. The first-order chi connectivity index (χ1) is 13.4. The molecule has 0 atom stereocenters. The lowest BCUT2D eigenvalue weighted by atomic mass is 9.96. The molecule has 0 aliphatic heterocycles. The molecule has 0 bridgehead atoms. The van der Waals surface area contributed by atoms with Crippen LogP contribution in [0, 0.1) is 6.92 Å². The van der Waals surface area contributed by atoms with Crippen LogP contribution in [-0.2, 0) is 10.0 Å². The van der Waals surface area contributed by atoms with Crippen LogP contribution in [0.2, 0.25) is 0 Å². The molecule has 0 saturated heterocycles. The third-order valence-corrected chi connectivity index (χ3v) is 6.19. The zero-order valence-electron chi connectivity index (χ0n) is 16.4. The van der Waals surface area contributed by atoms with Crippen molar-refractivity contribution in [1.82, 2.24) is 4.57 Å². The fraction of sp³-hybridized carbons (Fsp3) is 0.429. The van der Waals surface area contributed by atoms with Crippen LogP contribution in [0.3, 0.4) is 0 Å². The van der Waals surface area contributed by atoms with Gasteiger partial charge in [0, 0.05) is 6.20 Å². The Balaban J connectivity index is 1.93. The van der Waals surface area contributed by atoms with Crippen LogP contribution >= 0.6 is 0 Å². The van der Waals surface area contributed by atoms with Crippen molar-refractivity contribution < 1.29 is 13.2 Å². The number of aryl methyl sites for hydroxylation is 1. The Morgan fingerprint density at radius 1 is 1.11 bits per heavy atom. The smallest absolute Gasteiger partial charge is 0.252 e. The number of rotatable bonds is 5. The molecule has 28 heavy (non-hydrogen) atoms. The van der Waals surface area contributed by atoms with E-state index >= 15 is 0 Å². The molecule has 0 unspecified atom stereocenters. The van der Waals surface area contributed by atoms with Crippen LogP contribution in [0.1, 0.15) is 42.5 Å². The van der Waals surface area contributed by atoms with Crippen LogP contribution in [0.5, 0.6) is 0 Å². The molecular formula is C21H27N3O3S. The molecule has 1 aliphatic rings. The fourth-order valence-corrected chi connectivity index (χ4v) is 4.48. The van der Waals surface area contributed by atoms with Gasteiger partial charge in [-0.25, -0.2) is 8.42 Å². The van der Waals surface area contributed by atoms with Gasteiger partial charge in [-0.15, -0.1) is 0 Å². The second kappa shape index (κ2) is 8.73. The van der Waals surface area contributed by atoms with E-state index in [2.05, 4.69) is 0 Å². The summed E-state index contributed by atoms with van der Waals surface area (Å²) in [6.07, 6.45) is 8.38. The van der Waals surface area contributed by atoms with Crippen LogP contribution in [-0.4, -0.2) is 37.7 Å². The molecule has 1 fully saturated rings. The number of carbonyl (C=O) groups is 1. The van der Waals surface area contributed by atoms with Crippen molar-refractivity contribution in [1.29, 1.82) is 0 Å². The molecule has 150 valence electrons. The Hall–Kier alpha value is -2.41. The zero-order chi connectivity index (χ0) is 20.1. The van der Waals surface area contributed by atoms with E-state index in [1.165, 1.54) is 11.0 Å². The highest BCUT2D eigenvalue weighted by atomic mass is 32.2. The van der Waals surface area contributed by atoms with Gasteiger partial charge in [-0.1, -0.05) is 43.5 Å². The second-order valence-electron chi connectivity index (χ2n) is 7.30. The van der Waals surface area contributed by atoms with Gasteiger partial charge >= 0.3 is 0 Å². The number of nitrogens with zero attached hydrogens (tertiary/aromatic N) is 3. The van der Waals surface area contributed by atoms with E-state index in [-0.39, 0.29) is 18.5 Å². The van der Waals surface area contributed by atoms with Gasteiger partial charge in [0.2, 0.25) is 10.0 Å². The number of aromatic nitrogens is 1. The quantitative estimate of drug-likeness (QED) is 0.773. The van der Waals surface area contributed by atoms with E-state index in [4.69, 9.17) is 4.99 Å². The number of benzene rings is 1. The number of hydrogen-bond acceptors (Lipinski definition) is 4. The summed E-state index contributed by atoms with van der Waals surface area (Å²) >= 11 is 0. The summed E-state index contributed by atoms with van der Waals surface area (Å²) in [7, 11) is -3.62. The normalized spacial score (nSPS) is 16.1. The summed E-state index contributed by atoms with van der Waals surface area (Å²) in [6, 6.07) is 12.8. The number of sulfonamides is 1. The molecule has 3 rings (SSSR count). The van der Waals surface area contributed by atoms with Gasteiger partial charge in [-0.2, -0.15) is 0 Å². The van der Waals surface area contributed by atoms with Crippen molar-refractivity contribution in [2.75, 3.05) is 17.1 Å². The van der Waals surface area contributed by atoms with Crippen molar-refractivity contribution in [2.45, 2.75) is 45.1 Å². The first kappa shape index (κ1) is 20.3. The van der Waals surface area contributed by atoms with E-state index in [9.17, 15) is 13.2 Å². The maximum absolute atomic E-state index is 13.0. The SMILES string of the molecule is Cc1ccccc1N(CC(=O)n1ccccc1=NC1CCCCC1)S(C)(=O)=O. The minimum atomic E-state index is -3.62. The Labute approximate surface area is 166 Å². The fourth-order valence-electron chi connectivity index (χ4n) is 3.57. The summed E-state index contributed by atoms with van der Waals surface area (Å²) in [5, 5.41) is 0. The van der Waals surface area contributed by atoms with E-state index in [0.717, 1.165) is 41.8 Å². The van der Waals surface area contributed by atoms with Gasteiger partial charge in [-0.05, 0) is 43.5 Å². The van der Waals surface area contributed by atoms with Crippen LogP contribution in [0.15, 0.2) is 53.7 Å². The monoisotopic (exact) mass is 401 g/mol. The van der Waals surface area contributed by atoms with Crippen LogP contribution in [0.25, 0.3) is 0 Å². The van der Waals surface area contributed by atoms with Crippen LogP contribution in [0.4, 0.5) is 5.69 Å². The number of anilines is 1. The largest absolute Gasteiger partial charge is 0.272 e. The summed E-state index contributed by atoms with van der Waals surface area (Å²) < 4.78 is 27.4. The Morgan fingerprint density at radius 2 is 1.79 bits per heavy atom. The number of carbonyl (C=O) groups excluding carboxylic acids is 1. The predicted octanol–water partition coefficient (Wildman–Crippen LogP) is 3.14. The second-order valence-corrected chi connectivity index (χ2v) is 9.21. The molecular weight excluding hydrogens is 374 g/mol. The highest BCUT2D eigenvalue weighted by Gasteiger charge is 2.23. The zero-order valence-corrected chi connectivity index (χ0v) is 17.2. The molecule has 0 radical (unpaired) electrons. The summed E-state index contributed by atoms with van der Waals surface area (Å²) in [5.41, 5.74) is 1.89. The lowest BCUT2D eigenvalue weighted by molar-refractivity contribution is 0.0919. The van der Waals surface area contributed by atoms with E-state index < -0.39 is 10.0 Å². The van der Waals surface area contributed by atoms with E-state index in [0.29, 0.717) is 11.2 Å². The van der Waals surface area contributed by atoms with Gasteiger partial charge in [0.05, 0.1) is 18.0 Å². The van der Waals surface area contributed by atoms with E-state index in [1.54, 1.807) is 24.4 Å². The van der Waals surface area contributed by atoms with Gasteiger partial charge < -0.3 is 0 Å². The first-order valence-corrected chi connectivity index (χ1v) is 11.5. The van der Waals surface area contributed by atoms with Crippen molar-refractivity contribution in [2.24, 2.45) is 4.99 Å². The van der Waals surface area contributed by atoms with Crippen molar-refractivity contribution in [3.8, 4) is 0 Å². The average molecular weight is 402 g/mol. The van der Waals surface area contributed by atoms with Gasteiger partial charge in [0.1, 0.15) is 12.0 Å². The van der Waals surface area contributed by atoms with Gasteiger partial charge in [-0.3, -0.25) is 18.7 Å². The number of pyridine rings is 1. The summed E-state index contributed by atoms with van der Waals surface area (Å²) in [5.74, 6) is -0.330. The third kappa shape index (κ3) is 4.90.